The quantitative estimate of drug-likeness (QED) is 0.600. The van der Waals surface area contributed by atoms with Gasteiger partial charge in [0.15, 0.2) is 11.6 Å². The van der Waals surface area contributed by atoms with Crippen LogP contribution in [-0.4, -0.2) is 52.0 Å². The first kappa shape index (κ1) is 23.0. The molecule has 1 aromatic carbocycles. The molecule has 0 spiro atoms. The number of aromatic nitrogens is 4. The van der Waals surface area contributed by atoms with E-state index in [1.54, 1.807) is 19.2 Å². The number of ether oxygens (including phenoxy) is 1. The highest BCUT2D eigenvalue weighted by Gasteiger charge is 2.32. The number of alkyl halides is 3. The van der Waals surface area contributed by atoms with Gasteiger partial charge in [0.05, 0.1) is 36.7 Å². The number of rotatable bonds is 5. The first-order valence-electron chi connectivity index (χ1n) is 10.1. The third kappa shape index (κ3) is 5.25. The predicted molar refractivity (Wildman–Crippen MR) is 115 cm³/mol. The van der Waals surface area contributed by atoms with Crippen LogP contribution in [0.5, 0.6) is 0 Å². The molecule has 3 aromatic rings. The van der Waals surface area contributed by atoms with E-state index in [1.807, 2.05) is 6.07 Å². The van der Waals surface area contributed by atoms with Crippen LogP contribution >= 0.6 is 11.6 Å². The molecule has 4 rings (SSSR count). The molecule has 174 valence electrons. The minimum atomic E-state index is -4.62. The summed E-state index contributed by atoms with van der Waals surface area (Å²) in [6, 6.07) is 5.72. The van der Waals surface area contributed by atoms with Crippen LogP contribution in [0, 0.1) is 0 Å². The number of halogens is 4. The predicted octanol–water partition coefficient (Wildman–Crippen LogP) is 3.66. The normalized spacial score (nSPS) is 15.4. The van der Waals surface area contributed by atoms with Gasteiger partial charge in [0.2, 0.25) is 0 Å². The van der Waals surface area contributed by atoms with Gasteiger partial charge in [-0.05, 0) is 37.3 Å². The molecule has 1 atom stereocenters. The minimum Gasteiger partial charge on any atom is -0.378 e. The van der Waals surface area contributed by atoms with Gasteiger partial charge >= 0.3 is 6.18 Å². The Morgan fingerprint density at radius 1 is 1.18 bits per heavy atom. The average Bonchev–Trinajstić information content (AvgIpc) is 3.29. The molecular formula is C21H20ClF3N6O2. The molecule has 0 unspecified atom stereocenters. The number of hydrogen-bond donors (Lipinski definition) is 1. The first-order valence-corrected chi connectivity index (χ1v) is 10.5. The largest absolute Gasteiger partial charge is 0.416 e. The van der Waals surface area contributed by atoms with Gasteiger partial charge in [-0.15, -0.1) is 0 Å². The van der Waals surface area contributed by atoms with Gasteiger partial charge in [-0.3, -0.25) is 4.79 Å². The van der Waals surface area contributed by atoms with Crippen molar-refractivity contribution >= 4 is 23.2 Å². The Bertz CT molecular complexity index is 1130. The zero-order valence-corrected chi connectivity index (χ0v) is 18.3. The molecule has 0 aliphatic carbocycles. The summed E-state index contributed by atoms with van der Waals surface area (Å²) in [7, 11) is 0. The summed E-state index contributed by atoms with van der Waals surface area (Å²) in [6.07, 6.45) is -1.58. The molecule has 33 heavy (non-hydrogen) atoms. The number of carbonyl (C=O) groups is 1. The molecule has 0 radical (unpaired) electrons. The number of hydrogen-bond acceptors (Lipinski definition) is 6. The van der Waals surface area contributed by atoms with Crippen molar-refractivity contribution in [2.75, 3.05) is 31.2 Å². The third-order valence-corrected chi connectivity index (χ3v) is 5.34. The number of amides is 1. The van der Waals surface area contributed by atoms with Crippen molar-refractivity contribution in [3.05, 3.63) is 64.8 Å². The summed E-state index contributed by atoms with van der Waals surface area (Å²) in [4.78, 5) is 23.4. The molecule has 3 heterocycles. The van der Waals surface area contributed by atoms with Gasteiger partial charge in [0.1, 0.15) is 6.33 Å². The van der Waals surface area contributed by atoms with Gasteiger partial charge in [-0.25, -0.2) is 9.97 Å². The summed E-state index contributed by atoms with van der Waals surface area (Å²) in [5.74, 6) is 0.136. The van der Waals surface area contributed by atoms with Crippen LogP contribution in [0.3, 0.4) is 0 Å². The number of benzene rings is 1. The molecule has 1 N–H and O–H groups in total. The Kier molecular flexibility index (Phi) is 6.52. The minimum absolute atomic E-state index is 0.185. The van der Waals surface area contributed by atoms with Crippen molar-refractivity contribution in [3.63, 3.8) is 0 Å². The second-order valence-electron chi connectivity index (χ2n) is 7.43. The average molecular weight is 481 g/mol. The Balaban J connectivity index is 1.51. The molecule has 1 saturated heterocycles. The number of nitrogens with zero attached hydrogens (tertiary/aromatic N) is 5. The van der Waals surface area contributed by atoms with Gasteiger partial charge in [0, 0.05) is 23.7 Å². The molecule has 1 aliphatic heterocycles. The highest BCUT2D eigenvalue weighted by atomic mass is 35.5. The van der Waals surface area contributed by atoms with Gasteiger partial charge < -0.3 is 15.0 Å². The monoisotopic (exact) mass is 480 g/mol. The standard InChI is InChI=1S/C21H20ClF3N6O2/c1-13(29-20(32)14-8-15(21(23,24)25)10-16(22)9-14)19-27-12-28-31(19)18-3-2-17(11-26-18)30-4-6-33-7-5-30/h2-3,8-13H,4-7H2,1H3,(H,29,32)/t13-/m0/s1. The van der Waals surface area contributed by atoms with Crippen LogP contribution in [0.25, 0.3) is 5.82 Å². The maximum atomic E-state index is 13.1. The van der Waals surface area contributed by atoms with Crippen molar-refractivity contribution in [1.29, 1.82) is 0 Å². The first-order chi connectivity index (χ1) is 15.7. The fourth-order valence-corrected chi connectivity index (χ4v) is 3.70. The fraction of sp³-hybridized carbons (Fsp3) is 0.333. The summed E-state index contributed by atoms with van der Waals surface area (Å²) >= 11 is 5.79. The Labute approximate surface area is 192 Å². The number of carbonyl (C=O) groups excluding carboxylic acids is 1. The van der Waals surface area contributed by atoms with E-state index in [0.717, 1.165) is 30.9 Å². The van der Waals surface area contributed by atoms with E-state index in [0.29, 0.717) is 24.9 Å². The van der Waals surface area contributed by atoms with Crippen LogP contribution < -0.4 is 10.2 Å². The molecule has 1 aliphatic rings. The van der Waals surface area contributed by atoms with E-state index in [9.17, 15) is 18.0 Å². The Hall–Kier alpha value is -3.18. The van der Waals surface area contributed by atoms with Crippen LogP contribution in [0.15, 0.2) is 42.9 Å². The maximum Gasteiger partial charge on any atom is 0.416 e. The second-order valence-corrected chi connectivity index (χ2v) is 7.86. The number of morpholine rings is 1. The molecular weight excluding hydrogens is 461 g/mol. The lowest BCUT2D eigenvalue weighted by molar-refractivity contribution is -0.137. The smallest absolute Gasteiger partial charge is 0.378 e. The molecule has 0 saturated carbocycles. The molecule has 12 heteroatoms. The van der Waals surface area contributed by atoms with E-state index in [1.165, 1.54) is 17.1 Å². The molecule has 8 nitrogen and oxygen atoms in total. The van der Waals surface area contributed by atoms with Crippen LogP contribution in [0.4, 0.5) is 18.9 Å². The summed E-state index contributed by atoms with van der Waals surface area (Å²) < 4.78 is 46.0. The van der Waals surface area contributed by atoms with E-state index in [2.05, 4.69) is 25.3 Å². The lowest BCUT2D eigenvalue weighted by atomic mass is 10.1. The van der Waals surface area contributed by atoms with Crippen molar-refractivity contribution in [2.45, 2.75) is 19.1 Å². The zero-order chi connectivity index (χ0) is 23.6. The van der Waals surface area contributed by atoms with Crippen molar-refractivity contribution in [1.82, 2.24) is 25.1 Å². The topological polar surface area (TPSA) is 85.2 Å². The van der Waals surface area contributed by atoms with Crippen molar-refractivity contribution < 1.29 is 22.7 Å². The van der Waals surface area contributed by atoms with E-state index < -0.39 is 23.7 Å². The molecule has 1 amide bonds. The number of pyridine rings is 1. The zero-order valence-electron chi connectivity index (χ0n) is 17.5. The summed E-state index contributed by atoms with van der Waals surface area (Å²) in [5.41, 5.74) is -0.257. The SMILES string of the molecule is C[C@H](NC(=O)c1cc(Cl)cc(C(F)(F)F)c1)c1ncnn1-c1ccc(N2CCOCC2)cn1. The van der Waals surface area contributed by atoms with Crippen LogP contribution in [0.1, 0.15) is 34.7 Å². The number of nitrogens with one attached hydrogen (secondary N) is 1. The Morgan fingerprint density at radius 2 is 1.94 bits per heavy atom. The fourth-order valence-electron chi connectivity index (χ4n) is 3.46. The van der Waals surface area contributed by atoms with Crippen molar-refractivity contribution in [3.8, 4) is 5.82 Å². The maximum absolute atomic E-state index is 13.1. The number of anilines is 1. The highest BCUT2D eigenvalue weighted by molar-refractivity contribution is 6.31. The van der Waals surface area contributed by atoms with E-state index in [4.69, 9.17) is 16.3 Å². The molecule has 0 bridgehead atoms. The van der Waals surface area contributed by atoms with Gasteiger partial charge in [-0.2, -0.15) is 23.0 Å². The summed E-state index contributed by atoms with van der Waals surface area (Å²) in [6.45, 7) is 4.51. The van der Waals surface area contributed by atoms with Crippen molar-refractivity contribution in [2.24, 2.45) is 0 Å². The molecule has 1 fully saturated rings. The highest BCUT2D eigenvalue weighted by Crippen LogP contribution is 2.32. The second kappa shape index (κ2) is 9.36. The van der Waals surface area contributed by atoms with Crippen LogP contribution in [-0.2, 0) is 10.9 Å². The van der Waals surface area contributed by atoms with E-state index >= 15 is 0 Å². The lowest BCUT2D eigenvalue weighted by Gasteiger charge is -2.28. The van der Waals surface area contributed by atoms with Gasteiger partial charge in [0.25, 0.3) is 5.91 Å². The summed E-state index contributed by atoms with van der Waals surface area (Å²) in [5, 5.41) is 6.63. The Morgan fingerprint density at radius 3 is 2.61 bits per heavy atom. The third-order valence-electron chi connectivity index (χ3n) is 5.12. The lowest BCUT2D eigenvalue weighted by Crippen LogP contribution is -2.36. The molecule has 2 aromatic heterocycles. The van der Waals surface area contributed by atoms with Gasteiger partial charge in [-0.1, -0.05) is 11.6 Å². The van der Waals surface area contributed by atoms with E-state index in [-0.39, 0.29) is 10.6 Å². The van der Waals surface area contributed by atoms with Crippen LogP contribution in [0.2, 0.25) is 5.02 Å².